The van der Waals surface area contributed by atoms with Gasteiger partial charge in [-0.25, -0.2) is 4.39 Å². The molecule has 0 aliphatic heterocycles. The summed E-state index contributed by atoms with van der Waals surface area (Å²) in [6.07, 6.45) is 1.18. The summed E-state index contributed by atoms with van der Waals surface area (Å²) in [4.78, 5) is 14.0. The van der Waals surface area contributed by atoms with Crippen molar-refractivity contribution in [3.63, 3.8) is 0 Å². The number of fused-ring (bicyclic) bond motifs is 1. The van der Waals surface area contributed by atoms with Gasteiger partial charge in [-0.05, 0) is 31.9 Å². The maximum absolute atomic E-state index is 13.5. The van der Waals surface area contributed by atoms with E-state index in [1.165, 1.54) is 6.07 Å². The average molecular weight is 219 g/mol. The molecule has 0 spiro atoms. The van der Waals surface area contributed by atoms with E-state index in [1.54, 1.807) is 13.0 Å². The Bertz CT molecular complexity index is 542. The number of aromatic nitrogens is 1. The van der Waals surface area contributed by atoms with Crippen molar-refractivity contribution in [2.24, 2.45) is 0 Å². The summed E-state index contributed by atoms with van der Waals surface area (Å²) >= 11 is 0. The van der Waals surface area contributed by atoms with Gasteiger partial charge in [-0.3, -0.25) is 0 Å². The summed E-state index contributed by atoms with van der Waals surface area (Å²) in [5.74, 6) is -0.0835. The molecule has 1 N–H and O–H groups in total. The lowest BCUT2D eigenvalue weighted by Gasteiger charge is -1.99. The van der Waals surface area contributed by atoms with Gasteiger partial charge in [0.2, 0.25) is 0 Å². The van der Waals surface area contributed by atoms with Crippen LogP contribution in [0.4, 0.5) is 4.39 Å². The maximum Gasteiger partial charge on any atom is 0.147 e. The van der Waals surface area contributed by atoms with Crippen LogP contribution >= 0.6 is 0 Å². The molecule has 0 saturated heterocycles. The molecule has 84 valence electrons. The molecule has 2 aromatic rings. The van der Waals surface area contributed by atoms with Crippen molar-refractivity contribution in [1.82, 2.24) is 4.98 Å². The average Bonchev–Trinajstić information content (AvgIpc) is 2.53. The number of carbonyl (C=O) groups excluding carboxylic acids is 1. The van der Waals surface area contributed by atoms with Crippen LogP contribution in [0.1, 0.15) is 24.6 Å². The zero-order chi connectivity index (χ0) is 11.7. The summed E-state index contributed by atoms with van der Waals surface area (Å²) in [6, 6.07) is 5.02. The van der Waals surface area contributed by atoms with Crippen molar-refractivity contribution in [2.45, 2.75) is 26.7 Å². The van der Waals surface area contributed by atoms with E-state index < -0.39 is 0 Å². The minimum Gasteiger partial charge on any atom is -0.356 e. The minimum atomic E-state index is -0.241. The number of carbonyl (C=O) groups is 1. The van der Waals surface area contributed by atoms with Crippen molar-refractivity contribution >= 4 is 16.7 Å². The summed E-state index contributed by atoms with van der Waals surface area (Å²) < 4.78 is 13.5. The lowest BCUT2D eigenvalue weighted by molar-refractivity contribution is -0.116. The number of ketones is 1. The first-order chi connectivity index (χ1) is 7.59. The lowest BCUT2D eigenvalue weighted by atomic mass is 10.0. The highest BCUT2D eigenvalue weighted by Gasteiger charge is 2.11. The number of rotatable bonds is 3. The van der Waals surface area contributed by atoms with Gasteiger partial charge in [0.15, 0.2) is 0 Å². The molecule has 0 amide bonds. The fourth-order valence-corrected chi connectivity index (χ4v) is 1.99. The normalized spacial score (nSPS) is 10.9. The second-order valence-electron chi connectivity index (χ2n) is 4.09. The van der Waals surface area contributed by atoms with Gasteiger partial charge in [-0.1, -0.05) is 12.1 Å². The number of H-pyrrole nitrogens is 1. The first kappa shape index (κ1) is 10.9. The number of hydrogen-bond acceptors (Lipinski definition) is 1. The van der Waals surface area contributed by atoms with Crippen LogP contribution in [0.2, 0.25) is 0 Å². The predicted molar refractivity (Wildman–Crippen MR) is 62.0 cm³/mol. The van der Waals surface area contributed by atoms with Crippen molar-refractivity contribution < 1.29 is 9.18 Å². The van der Waals surface area contributed by atoms with E-state index in [-0.39, 0.29) is 11.6 Å². The summed E-state index contributed by atoms with van der Waals surface area (Å²) in [5.41, 5.74) is 2.53. The van der Waals surface area contributed by atoms with Crippen LogP contribution in [0, 0.1) is 12.7 Å². The number of Topliss-reactive ketones (excluding diaryl/α,β-unsaturated/α-hetero) is 1. The third kappa shape index (κ3) is 1.85. The predicted octanol–water partition coefficient (Wildman–Crippen LogP) is 3.14. The van der Waals surface area contributed by atoms with Gasteiger partial charge in [0.1, 0.15) is 11.6 Å². The van der Waals surface area contributed by atoms with E-state index in [4.69, 9.17) is 0 Å². The highest BCUT2D eigenvalue weighted by Crippen LogP contribution is 2.25. The SMILES string of the molecule is CC(=O)CCc1c(C)[nH]c2c(F)cccc12. The van der Waals surface area contributed by atoms with E-state index in [0.717, 1.165) is 16.6 Å². The molecule has 1 aromatic heterocycles. The Morgan fingerprint density at radius 3 is 2.88 bits per heavy atom. The summed E-state index contributed by atoms with van der Waals surface area (Å²) in [5, 5.41) is 0.888. The number of halogens is 1. The minimum absolute atomic E-state index is 0.158. The van der Waals surface area contributed by atoms with Gasteiger partial charge in [0.25, 0.3) is 0 Å². The lowest BCUT2D eigenvalue weighted by Crippen LogP contribution is -1.94. The molecule has 0 fully saturated rings. The molecule has 0 saturated carbocycles. The molecule has 2 rings (SSSR count). The maximum atomic E-state index is 13.5. The number of nitrogens with one attached hydrogen (secondary N) is 1. The van der Waals surface area contributed by atoms with Gasteiger partial charge >= 0.3 is 0 Å². The van der Waals surface area contributed by atoms with E-state index in [1.807, 2.05) is 13.0 Å². The number of para-hydroxylation sites is 1. The van der Waals surface area contributed by atoms with Crippen LogP contribution in [0.3, 0.4) is 0 Å². The Labute approximate surface area is 93.5 Å². The molecule has 1 aromatic carbocycles. The van der Waals surface area contributed by atoms with Crippen LogP contribution < -0.4 is 0 Å². The molecule has 0 bridgehead atoms. The zero-order valence-corrected chi connectivity index (χ0v) is 9.43. The number of aryl methyl sites for hydroxylation is 2. The van der Waals surface area contributed by atoms with Crippen LogP contribution in [-0.2, 0) is 11.2 Å². The van der Waals surface area contributed by atoms with Gasteiger partial charge in [0.05, 0.1) is 5.52 Å². The molecule has 0 unspecified atom stereocenters. The fraction of sp³-hybridized carbons (Fsp3) is 0.308. The first-order valence-electron chi connectivity index (χ1n) is 5.34. The van der Waals surface area contributed by atoms with Crippen molar-refractivity contribution in [1.29, 1.82) is 0 Å². The second kappa shape index (κ2) is 4.08. The molecule has 0 radical (unpaired) electrons. The van der Waals surface area contributed by atoms with Gasteiger partial charge in [-0.2, -0.15) is 0 Å². The van der Waals surface area contributed by atoms with Crippen LogP contribution in [-0.4, -0.2) is 10.8 Å². The third-order valence-corrected chi connectivity index (χ3v) is 2.83. The number of aromatic amines is 1. The highest BCUT2D eigenvalue weighted by atomic mass is 19.1. The van der Waals surface area contributed by atoms with Crippen molar-refractivity contribution in [3.05, 3.63) is 35.3 Å². The van der Waals surface area contributed by atoms with Crippen molar-refractivity contribution in [2.75, 3.05) is 0 Å². The smallest absolute Gasteiger partial charge is 0.147 e. The van der Waals surface area contributed by atoms with Gasteiger partial charge in [0, 0.05) is 17.5 Å². The molecule has 0 aliphatic rings. The van der Waals surface area contributed by atoms with E-state index >= 15 is 0 Å². The molecule has 1 heterocycles. The second-order valence-corrected chi connectivity index (χ2v) is 4.09. The van der Waals surface area contributed by atoms with Crippen LogP contribution in [0.25, 0.3) is 10.9 Å². The molecular weight excluding hydrogens is 205 g/mol. The Balaban J connectivity index is 2.48. The third-order valence-electron chi connectivity index (χ3n) is 2.83. The van der Waals surface area contributed by atoms with E-state index in [2.05, 4.69) is 4.98 Å². The molecule has 2 nitrogen and oxygen atoms in total. The Morgan fingerprint density at radius 1 is 1.44 bits per heavy atom. The molecule has 16 heavy (non-hydrogen) atoms. The Hall–Kier alpha value is -1.64. The number of benzene rings is 1. The highest BCUT2D eigenvalue weighted by molar-refractivity contribution is 5.86. The van der Waals surface area contributed by atoms with Crippen LogP contribution in [0.5, 0.6) is 0 Å². The summed E-state index contributed by atoms with van der Waals surface area (Å²) in [7, 11) is 0. The monoisotopic (exact) mass is 219 g/mol. The molecular formula is C13H14FNO. The van der Waals surface area contributed by atoms with Gasteiger partial charge in [-0.15, -0.1) is 0 Å². The Kier molecular flexibility index (Phi) is 2.77. The molecule has 0 atom stereocenters. The number of hydrogen-bond donors (Lipinski definition) is 1. The van der Waals surface area contributed by atoms with Gasteiger partial charge < -0.3 is 9.78 Å². The first-order valence-corrected chi connectivity index (χ1v) is 5.34. The topological polar surface area (TPSA) is 32.9 Å². The molecule has 0 aliphatic carbocycles. The van der Waals surface area contributed by atoms with E-state index in [0.29, 0.717) is 18.4 Å². The standard InChI is InChI=1S/C13H14FNO/c1-8(16)6-7-10-9(2)15-13-11(10)4-3-5-12(13)14/h3-5,15H,6-7H2,1-2H3. The molecule has 3 heteroatoms. The van der Waals surface area contributed by atoms with Crippen molar-refractivity contribution in [3.8, 4) is 0 Å². The summed E-state index contributed by atoms with van der Waals surface area (Å²) in [6.45, 7) is 3.49. The van der Waals surface area contributed by atoms with E-state index in [9.17, 15) is 9.18 Å². The zero-order valence-electron chi connectivity index (χ0n) is 9.43. The largest absolute Gasteiger partial charge is 0.356 e. The fourth-order valence-electron chi connectivity index (χ4n) is 1.99. The van der Waals surface area contributed by atoms with Crippen LogP contribution in [0.15, 0.2) is 18.2 Å². The quantitative estimate of drug-likeness (QED) is 0.845. The Morgan fingerprint density at radius 2 is 2.19 bits per heavy atom.